The maximum Gasteiger partial charge on any atom is 0.311 e. The molecule has 0 atom stereocenters. The summed E-state index contributed by atoms with van der Waals surface area (Å²) in [5.41, 5.74) is 3.06. The topological polar surface area (TPSA) is 103 Å². The zero-order valence-electron chi connectivity index (χ0n) is 13.8. The van der Waals surface area contributed by atoms with Crippen molar-refractivity contribution in [2.45, 2.75) is 6.92 Å². The fraction of sp³-hybridized carbons (Fsp3) is 0.176. The summed E-state index contributed by atoms with van der Waals surface area (Å²) in [6, 6.07) is 11.0. The Bertz CT molecular complexity index is 787. The van der Waals surface area contributed by atoms with E-state index in [2.05, 4.69) is 10.5 Å². The number of ether oxygens (including phenoxy) is 2. The smallest absolute Gasteiger partial charge is 0.311 e. The van der Waals surface area contributed by atoms with Gasteiger partial charge in [0.15, 0.2) is 5.75 Å². The maximum atomic E-state index is 12.0. The first kappa shape index (κ1) is 17.9. The molecule has 0 unspecified atom stereocenters. The van der Waals surface area contributed by atoms with Crippen LogP contribution in [0.3, 0.4) is 0 Å². The number of hydrazone groups is 1. The third kappa shape index (κ3) is 4.77. The van der Waals surface area contributed by atoms with Crippen molar-refractivity contribution in [3.8, 4) is 11.5 Å². The molecule has 0 saturated carbocycles. The Morgan fingerprint density at radius 2 is 2.00 bits per heavy atom. The molecule has 0 aromatic heterocycles. The molecule has 0 saturated heterocycles. The number of benzene rings is 2. The van der Waals surface area contributed by atoms with Crippen molar-refractivity contribution < 1.29 is 19.2 Å². The van der Waals surface area contributed by atoms with Gasteiger partial charge in [-0.3, -0.25) is 14.9 Å². The summed E-state index contributed by atoms with van der Waals surface area (Å²) < 4.78 is 10.2. The van der Waals surface area contributed by atoms with Gasteiger partial charge in [-0.25, -0.2) is 5.43 Å². The van der Waals surface area contributed by atoms with Crippen molar-refractivity contribution in [1.82, 2.24) is 5.43 Å². The van der Waals surface area contributed by atoms with E-state index in [1.807, 2.05) is 6.92 Å². The van der Waals surface area contributed by atoms with E-state index in [4.69, 9.17) is 9.47 Å². The van der Waals surface area contributed by atoms with Crippen LogP contribution in [0.2, 0.25) is 0 Å². The molecule has 0 fully saturated rings. The highest BCUT2D eigenvalue weighted by molar-refractivity contribution is 5.95. The molecule has 0 bridgehead atoms. The van der Waals surface area contributed by atoms with Gasteiger partial charge in [0.1, 0.15) is 5.75 Å². The van der Waals surface area contributed by atoms with Crippen molar-refractivity contribution >= 4 is 17.8 Å². The summed E-state index contributed by atoms with van der Waals surface area (Å²) >= 11 is 0. The minimum Gasteiger partial charge on any atom is -0.494 e. The Hall–Kier alpha value is -3.42. The number of carbonyl (C=O) groups is 1. The molecule has 25 heavy (non-hydrogen) atoms. The van der Waals surface area contributed by atoms with Crippen LogP contribution in [0.1, 0.15) is 22.8 Å². The first-order valence-electron chi connectivity index (χ1n) is 7.44. The predicted octanol–water partition coefficient (Wildman–Crippen LogP) is 2.77. The Morgan fingerprint density at radius 1 is 1.28 bits per heavy atom. The van der Waals surface area contributed by atoms with E-state index in [0.29, 0.717) is 23.5 Å². The molecule has 0 aliphatic heterocycles. The van der Waals surface area contributed by atoms with Crippen LogP contribution in [0.15, 0.2) is 47.6 Å². The molecule has 0 aliphatic rings. The molecule has 8 heteroatoms. The Balaban J connectivity index is 2.03. The van der Waals surface area contributed by atoms with E-state index in [-0.39, 0.29) is 11.4 Å². The van der Waals surface area contributed by atoms with Crippen LogP contribution in [-0.2, 0) is 0 Å². The number of hydrogen-bond donors (Lipinski definition) is 1. The van der Waals surface area contributed by atoms with Crippen LogP contribution in [0.4, 0.5) is 5.69 Å². The molecule has 0 aliphatic carbocycles. The van der Waals surface area contributed by atoms with E-state index in [1.165, 1.54) is 25.5 Å². The predicted molar refractivity (Wildman–Crippen MR) is 92.3 cm³/mol. The standard InChI is InChI=1S/C17H17N3O5/c1-3-25-14-7-5-13(6-8-14)17(21)19-18-11-12-4-9-16(24-2)15(10-12)20(22)23/h4-11H,3H2,1-2H3,(H,19,21)/b18-11-. The van der Waals surface area contributed by atoms with Gasteiger partial charge in [0, 0.05) is 17.2 Å². The van der Waals surface area contributed by atoms with Gasteiger partial charge in [-0.1, -0.05) is 0 Å². The van der Waals surface area contributed by atoms with Crippen molar-refractivity contribution in [3.63, 3.8) is 0 Å². The molecular formula is C17H17N3O5. The van der Waals surface area contributed by atoms with Gasteiger partial charge in [0.25, 0.3) is 5.91 Å². The lowest BCUT2D eigenvalue weighted by molar-refractivity contribution is -0.385. The number of nitro groups is 1. The van der Waals surface area contributed by atoms with Gasteiger partial charge >= 0.3 is 5.69 Å². The van der Waals surface area contributed by atoms with Crippen molar-refractivity contribution in [1.29, 1.82) is 0 Å². The van der Waals surface area contributed by atoms with Crippen LogP contribution < -0.4 is 14.9 Å². The highest BCUT2D eigenvalue weighted by Gasteiger charge is 2.14. The fourth-order valence-corrected chi connectivity index (χ4v) is 2.03. The number of nitro benzene ring substituents is 1. The molecule has 130 valence electrons. The summed E-state index contributed by atoms with van der Waals surface area (Å²) in [5.74, 6) is 0.427. The largest absolute Gasteiger partial charge is 0.494 e. The second-order valence-electron chi connectivity index (χ2n) is 4.84. The Morgan fingerprint density at radius 3 is 2.60 bits per heavy atom. The minimum absolute atomic E-state index is 0.153. The van der Waals surface area contributed by atoms with Crippen LogP contribution in [0.25, 0.3) is 0 Å². The van der Waals surface area contributed by atoms with E-state index >= 15 is 0 Å². The first-order chi connectivity index (χ1) is 12.0. The fourth-order valence-electron chi connectivity index (χ4n) is 2.03. The SMILES string of the molecule is CCOc1ccc(C(=O)N/N=C\c2ccc(OC)c([N+](=O)[O-])c2)cc1. The van der Waals surface area contributed by atoms with Crippen molar-refractivity contribution in [2.24, 2.45) is 5.10 Å². The molecule has 2 aromatic rings. The van der Waals surface area contributed by atoms with Crippen molar-refractivity contribution in [2.75, 3.05) is 13.7 Å². The van der Waals surface area contributed by atoms with Gasteiger partial charge in [0.05, 0.1) is 24.9 Å². The van der Waals surface area contributed by atoms with Crippen LogP contribution in [0, 0.1) is 10.1 Å². The zero-order valence-corrected chi connectivity index (χ0v) is 13.8. The number of nitrogens with zero attached hydrogens (tertiary/aromatic N) is 2. The maximum absolute atomic E-state index is 12.0. The van der Waals surface area contributed by atoms with E-state index in [9.17, 15) is 14.9 Å². The van der Waals surface area contributed by atoms with Gasteiger partial charge in [-0.2, -0.15) is 5.10 Å². The van der Waals surface area contributed by atoms with E-state index in [1.54, 1.807) is 30.3 Å². The summed E-state index contributed by atoms with van der Waals surface area (Å²) in [5, 5.41) is 14.8. The average Bonchev–Trinajstić information content (AvgIpc) is 2.62. The molecule has 1 N–H and O–H groups in total. The number of amides is 1. The zero-order chi connectivity index (χ0) is 18.2. The third-order valence-electron chi connectivity index (χ3n) is 3.21. The second-order valence-corrected chi connectivity index (χ2v) is 4.84. The van der Waals surface area contributed by atoms with E-state index < -0.39 is 10.8 Å². The van der Waals surface area contributed by atoms with Gasteiger partial charge in [-0.05, 0) is 43.3 Å². The number of methoxy groups -OCH3 is 1. The summed E-state index contributed by atoms with van der Waals surface area (Å²) in [4.78, 5) is 22.4. The van der Waals surface area contributed by atoms with Gasteiger partial charge in [0.2, 0.25) is 0 Å². The molecule has 0 radical (unpaired) electrons. The number of carbonyl (C=O) groups excluding carboxylic acids is 1. The summed E-state index contributed by atoms with van der Waals surface area (Å²) in [6.07, 6.45) is 1.32. The van der Waals surface area contributed by atoms with Crippen LogP contribution >= 0.6 is 0 Å². The van der Waals surface area contributed by atoms with Crippen LogP contribution in [-0.4, -0.2) is 30.8 Å². The lowest BCUT2D eigenvalue weighted by Gasteiger charge is -2.04. The molecule has 2 rings (SSSR count). The normalized spacial score (nSPS) is 10.5. The summed E-state index contributed by atoms with van der Waals surface area (Å²) in [6.45, 7) is 2.42. The molecule has 1 amide bonds. The average molecular weight is 343 g/mol. The number of nitrogens with one attached hydrogen (secondary N) is 1. The number of rotatable bonds is 7. The first-order valence-corrected chi connectivity index (χ1v) is 7.44. The van der Waals surface area contributed by atoms with Crippen molar-refractivity contribution in [3.05, 3.63) is 63.7 Å². The highest BCUT2D eigenvalue weighted by atomic mass is 16.6. The molecule has 0 heterocycles. The lowest BCUT2D eigenvalue weighted by atomic mass is 10.2. The minimum atomic E-state index is -0.547. The highest BCUT2D eigenvalue weighted by Crippen LogP contribution is 2.26. The van der Waals surface area contributed by atoms with E-state index in [0.717, 1.165) is 0 Å². The monoisotopic (exact) mass is 343 g/mol. The Labute approximate surface area is 144 Å². The van der Waals surface area contributed by atoms with Gasteiger partial charge in [-0.15, -0.1) is 0 Å². The van der Waals surface area contributed by atoms with Crippen LogP contribution in [0.5, 0.6) is 11.5 Å². The molecule has 8 nitrogen and oxygen atoms in total. The van der Waals surface area contributed by atoms with Gasteiger partial charge < -0.3 is 9.47 Å². The third-order valence-corrected chi connectivity index (χ3v) is 3.21. The molecule has 2 aromatic carbocycles. The molecule has 0 spiro atoms. The quantitative estimate of drug-likeness (QED) is 0.473. The lowest BCUT2D eigenvalue weighted by Crippen LogP contribution is -2.17. The second kappa shape index (κ2) is 8.44. The summed E-state index contributed by atoms with van der Waals surface area (Å²) in [7, 11) is 1.35. The molecular weight excluding hydrogens is 326 g/mol. The number of hydrogen-bond acceptors (Lipinski definition) is 6. The Kier molecular flexibility index (Phi) is 6.05.